The molecular weight excluding hydrogens is 382 g/mol. The van der Waals surface area contributed by atoms with E-state index in [1.165, 1.54) is 6.92 Å². The van der Waals surface area contributed by atoms with Crippen LogP contribution in [-0.4, -0.2) is 71.2 Å². The molecule has 0 aromatic heterocycles. The van der Waals surface area contributed by atoms with Crippen molar-refractivity contribution in [3.05, 3.63) is 0 Å². The summed E-state index contributed by atoms with van der Waals surface area (Å²) in [6.07, 6.45) is 0.386. The van der Waals surface area contributed by atoms with Crippen molar-refractivity contribution in [3.8, 4) is 0 Å². The van der Waals surface area contributed by atoms with Crippen molar-refractivity contribution in [1.29, 1.82) is 0 Å². The molecule has 0 saturated carbocycles. The Kier molecular flexibility index (Phi) is 12.8. The van der Waals surface area contributed by atoms with Gasteiger partial charge in [0.2, 0.25) is 17.7 Å². The van der Waals surface area contributed by atoms with Gasteiger partial charge >= 0.3 is 5.97 Å². The largest absolute Gasteiger partial charge is 0.480 e. The summed E-state index contributed by atoms with van der Waals surface area (Å²) in [5, 5.41) is 26.3. The van der Waals surface area contributed by atoms with Gasteiger partial charge in [-0.1, -0.05) is 13.8 Å². The van der Waals surface area contributed by atoms with Crippen LogP contribution in [0.25, 0.3) is 0 Å². The Hall–Kier alpha value is -2.24. The Labute approximate surface area is 171 Å². The molecule has 11 nitrogen and oxygen atoms in total. The lowest BCUT2D eigenvalue weighted by atomic mass is 10.0. The van der Waals surface area contributed by atoms with Gasteiger partial charge in [0.05, 0.1) is 12.6 Å². The summed E-state index contributed by atoms with van der Waals surface area (Å²) in [7, 11) is 0. The van der Waals surface area contributed by atoms with E-state index < -0.39 is 47.9 Å². The molecule has 0 aliphatic carbocycles. The Morgan fingerprint density at radius 2 is 1.48 bits per heavy atom. The minimum absolute atomic E-state index is 0.00945. The second-order valence-corrected chi connectivity index (χ2v) is 7.36. The number of nitrogens with one attached hydrogen (secondary N) is 3. The smallest absolute Gasteiger partial charge is 0.326 e. The Morgan fingerprint density at radius 1 is 0.897 bits per heavy atom. The predicted octanol–water partition coefficient (Wildman–Crippen LogP) is -1.96. The van der Waals surface area contributed by atoms with E-state index in [1.807, 2.05) is 13.8 Å². The lowest BCUT2D eigenvalue weighted by Crippen LogP contribution is -2.59. The molecule has 4 unspecified atom stereocenters. The molecule has 0 aromatic rings. The number of carboxylic acid groups (broad SMARTS) is 1. The average molecular weight is 418 g/mol. The van der Waals surface area contributed by atoms with Crippen molar-refractivity contribution < 1.29 is 29.4 Å². The third-order valence-corrected chi connectivity index (χ3v) is 4.17. The van der Waals surface area contributed by atoms with Crippen LogP contribution in [0.2, 0.25) is 0 Å². The number of hydrogen-bond acceptors (Lipinski definition) is 7. The number of aliphatic hydroxyl groups excluding tert-OH is 1. The van der Waals surface area contributed by atoms with Crippen LogP contribution in [0.4, 0.5) is 0 Å². The molecule has 0 spiro atoms. The highest BCUT2D eigenvalue weighted by Gasteiger charge is 2.31. The van der Waals surface area contributed by atoms with Crippen LogP contribution in [0.15, 0.2) is 0 Å². The Balaban J connectivity index is 5.25. The summed E-state index contributed by atoms with van der Waals surface area (Å²) in [5.74, 6) is -3.22. The van der Waals surface area contributed by atoms with Crippen LogP contribution < -0.4 is 27.4 Å². The molecule has 0 saturated heterocycles. The van der Waals surface area contributed by atoms with Gasteiger partial charge in [-0.25, -0.2) is 4.79 Å². The van der Waals surface area contributed by atoms with Crippen LogP contribution in [-0.2, 0) is 19.2 Å². The molecule has 168 valence electrons. The second kappa shape index (κ2) is 13.9. The van der Waals surface area contributed by atoms with Gasteiger partial charge in [-0.3, -0.25) is 14.4 Å². The van der Waals surface area contributed by atoms with Crippen molar-refractivity contribution in [2.45, 2.75) is 70.7 Å². The van der Waals surface area contributed by atoms with E-state index in [0.29, 0.717) is 19.4 Å². The first-order valence-corrected chi connectivity index (χ1v) is 9.74. The number of aliphatic hydroxyl groups is 1. The molecule has 11 heteroatoms. The number of unbranched alkanes of at least 4 members (excludes halogenated alkanes) is 1. The number of rotatable bonds is 14. The van der Waals surface area contributed by atoms with Gasteiger partial charge in [-0.15, -0.1) is 0 Å². The SMILES string of the molecule is CC(C)CC(NC(=O)C(NC(=O)CN)C(C)O)C(=O)NC(CCCCN)C(=O)O. The molecule has 0 radical (unpaired) electrons. The van der Waals surface area contributed by atoms with Gasteiger partial charge in [0.25, 0.3) is 0 Å². The lowest BCUT2D eigenvalue weighted by Gasteiger charge is -2.26. The highest BCUT2D eigenvalue weighted by Crippen LogP contribution is 2.08. The number of amides is 3. The fourth-order valence-electron chi connectivity index (χ4n) is 2.62. The normalized spacial score (nSPS) is 15.1. The lowest BCUT2D eigenvalue weighted by molar-refractivity contribution is -0.142. The summed E-state index contributed by atoms with van der Waals surface area (Å²) >= 11 is 0. The molecule has 0 heterocycles. The molecule has 0 aromatic carbocycles. The molecule has 0 rings (SSSR count). The van der Waals surface area contributed by atoms with E-state index in [9.17, 15) is 29.4 Å². The zero-order chi connectivity index (χ0) is 22.6. The minimum atomic E-state index is -1.30. The topological polar surface area (TPSA) is 197 Å². The van der Waals surface area contributed by atoms with Crippen LogP contribution in [0, 0.1) is 5.92 Å². The van der Waals surface area contributed by atoms with Crippen molar-refractivity contribution >= 4 is 23.7 Å². The summed E-state index contributed by atoms with van der Waals surface area (Å²) in [5.41, 5.74) is 10.6. The van der Waals surface area contributed by atoms with Crippen LogP contribution >= 0.6 is 0 Å². The van der Waals surface area contributed by atoms with Gasteiger partial charge in [0, 0.05) is 0 Å². The van der Waals surface area contributed by atoms with E-state index in [-0.39, 0.29) is 25.3 Å². The molecule has 3 amide bonds. The maximum atomic E-state index is 12.6. The molecule has 0 bridgehead atoms. The summed E-state index contributed by atoms with van der Waals surface area (Å²) < 4.78 is 0. The maximum absolute atomic E-state index is 12.6. The molecule has 9 N–H and O–H groups in total. The third-order valence-electron chi connectivity index (χ3n) is 4.17. The second-order valence-electron chi connectivity index (χ2n) is 7.36. The first-order chi connectivity index (χ1) is 13.5. The van der Waals surface area contributed by atoms with Gasteiger partial charge in [0.15, 0.2) is 0 Å². The summed E-state index contributed by atoms with van der Waals surface area (Å²) in [6, 6.07) is -3.44. The van der Waals surface area contributed by atoms with Crippen molar-refractivity contribution in [1.82, 2.24) is 16.0 Å². The number of carbonyl (C=O) groups is 4. The highest BCUT2D eigenvalue weighted by molar-refractivity contribution is 5.93. The standard InChI is InChI=1S/C18H35N5O6/c1-10(2)8-13(16(26)21-12(18(28)29)6-4-5-7-19)22-17(27)15(11(3)24)23-14(25)9-20/h10-13,15,24H,4-9,19-20H2,1-3H3,(H,21,26)(H,22,27)(H,23,25)(H,28,29). The van der Waals surface area contributed by atoms with E-state index in [2.05, 4.69) is 16.0 Å². The first kappa shape index (κ1) is 26.8. The molecule has 0 aliphatic heterocycles. The van der Waals surface area contributed by atoms with E-state index >= 15 is 0 Å². The number of aliphatic carboxylic acids is 1. The summed E-state index contributed by atoms with van der Waals surface area (Å²) in [4.78, 5) is 48.1. The van der Waals surface area contributed by atoms with Gasteiger partial charge in [0.1, 0.15) is 18.1 Å². The average Bonchev–Trinajstić information content (AvgIpc) is 2.63. The van der Waals surface area contributed by atoms with Crippen molar-refractivity contribution in [2.24, 2.45) is 17.4 Å². The van der Waals surface area contributed by atoms with E-state index in [0.717, 1.165) is 0 Å². The van der Waals surface area contributed by atoms with Crippen molar-refractivity contribution in [2.75, 3.05) is 13.1 Å². The van der Waals surface area contributed by atoms with E-state index in [1.54, 1.807) is 0 Å². The zero-order valence-corrected chi connectivity index (χ0v) is 17.3. The first-order valence-electron chi connectivity index (χ1n) is 9.74. The molecular formula is C18H35N5O6. The zero-order valence-electron chi connectivity index (χ0n) is 17.3. The van der Waals surface area contributed by atoms with Crippen LogP contribution in [0.5, 0.6) is 0 Å². The molecule has 4 atom stereocenters. The van der Waals surface area contributed by atoms with E-state index in [4.69, 9.17) is 11.5 Å². The van der Waals surface area contributed by atoms with Gasteiger partial charge in [-0.2, -0.15) is 0 Å². The predicted molar refractivity (Wildman–Crippen MR) is 107 cm³/mol. The Morgan fingerprint density at radius 3 is 1.93 bits per heavy atom. The third kappa shape index (κ3) is 10.8. The number of carbonyl (C=O) groups excluding carboxylic acids is 3. The summed E-state index contributed by atoms with van der Waals surface area (Å²) in [6.45, 7) is 5.04. The number of nitrogens with two attached hydrogens (primary N) is 2. The van der Waals surface area contributed by atoms with Gasteiger partial charge in [-0.05, 0) is 45.1 Å². The maximum Gasteiger partial charge on any atom is 0.326 e. The monoisotopic (exact) mass is 417 g/mol. The van der Waals surface area contributed by atoms with Crippen LogP contribution in [0.1, 0.15) is 46.5 Å². The van der Waals surface area contributed by atoms with Crippen molar-refractivity contribution in [3.63, 3.8) is 0 Å². The highest BCUT2D eigenvalue weighted by atomic mass is 16.4. The number of hydrogen-bond donors (Lipinski definition) is 7. The Bertz CT molecular complexity index is 555. The molecule has 29 heavy (non-hydrogen) atoms. The molecule has 0 fully saturated rings. The molecule has 0 aliphatic rings. The quantitative estimate of drug-likeness (QED) is 0.158. The minimum Gasteiger partial charge on any atom is -0.480 e. The van der Waals surface area contributed by atoms with Gasteiger partial charge < -0.3 is 37.6 Å². The van der Waals surface area contributed by atoms with Crippen LogP contribution in [0.3, 0.4) is 0 Å². The fourth-order valence-corrected chi connectivity index (χ4v) is 2.62. The number of carboxylic acids is 1. The fraction of sp³-hybridized carbons (Fsp3) is 0.778.